The second-order valence-corrected chi connectivity index (χ2v) is 4.78. The molecule has 1 fully saturated rings. The highest BCUT2D eigenvalue weighted by atomic mass is 15.1. The van der Waals surface area contributed by atoms with E-state index in [1.165, 1.54) is 12.8 Å². The third-order valence-electron chi connectivity index (χ3n) is 3.47. The predicted molar refractivity (Wildman–Crippen MR) is 69.2 cm³/mol. The van der Waals surface area contributed by atoms with Crippen molar-refractivity contribution in [2.24, 2.45) is 0 Å². The first kappa shape index (κ1) is 11.3. The molecule has 0 spiro atoms. The highest BCUT2D eigenvalue weighted by Crippen LogP contribution is 2.24. The monoisotopic (exact) mass is 243 g/mol. The number of aromatic nitrogens is 4. The zero-order valence-electron chi connectivity index (χ0n) is 10.5. The highest BCUT2D eigenvalue weighted by Gasteiger charge is 2.17. The van der Waals surface area contributed by atoms with Crippen LogP contribution in [0.15, 0.2) is 18.6 Å². The smallest absolute Gasteiger partial charge is 0.0922 e. The van der Waals surface area contributed by atoms with Crippen LogP contribution in [-0.4, -0.2) is 33.3 Å². The molecule has 18 heavy (non-hydrogen) atoms. The molecule has 5 nitrogen and oxygen atoms in total. The van der Waals surface area contributed by atoms with Gasteiger partial charge in [-0.2, -0.15) is 5.10 Å². The molecule has 2 N–H and O–H groups in total. The Bertz CT molecular complexity index is 528. The van der Waals surface area contributed by atoms with E-state index in [-0.39, 0.29) is 0 Å². The van der Waals surface area contributed by atoms with Crippen molar-refractivity contribution in [2.75, 3.05) is 13.1 Å². The van der Waals surface area contributed by atoms with Gasteiger partial charge in [-0.1, -0.05) is 0 Å². The minimum atomic E-state index is 0.485. The largest absolute Gasteiger partial charge is 0.316 e. The van der Waals surface area contributed by atoms with Gasteiger partial charge in [-0.05, 0) is 26.3 Å². The minimum absolute atomic E-state index is 0.485. The third kappa shape index (κ3) is 2.13. The molecule has 1 atom stereocenters. The lowest BCUT2D eigenvalue weighted by molar-refractivity contribution is 0.454. The van der Waals surface area contributed by atoms with E-state index in [0.717, 1.165) is 35.7 Å². The van der Waals surface area contributed by atoms with Crippen molar-refractivity contribution < 1.29 is 0 Å². The molecule has 0 amide bonds. The molecule has 1 aliphatic rings. The molecular formula is C13H17N5. The molecule has 3 rings (SSSR count). The van der Waals surface area contributed by atoms with Crippen LogP contribution >= 0.6 is 0 Å². The van der Waals surface area contributed by atoms with Gasteiger partial charge in [0.2, 0.25) is 0 Å². The molecule has 0 radical (unpaired) electrons. The van der Waals surface area contributed by atoms with E-state index in [1.54, 1.807) is 6.20 Å². The molecule has 1 aliphatic heterocycles. The topological polar surface area (TPSA) is 66.5 Å². The average molecular weight is 243 g/mol. The van der Waals surface area contributed by atoms with Crippen LogP contribution in [0.25, 0.3) is 11.3 Å². The zero-order chi connectivity index (χ0) is 12.4. The molecule has 94 valence electrons. The number of aryl methyl sites for hydroxylation is 1. The third-order valence-corrected chi connectivity index (χ3v) is 3.47. The maximum Gasteiger partial charge on any atom is 0.0922 e. The number of H-pyrrole nitrogens is 1. The molecule has 3 heterocycles. The molecule has 2 aromatic rings. The molecule has 0 aromatic carbocycles. The Kier molecular flexibility index (Phi) is 3.06. The van der Waals surface area contributed by atoms with Gasteiger partial charge in [0.15, 0.2) is 0 Å². The van der Waals surface area contributed by atoms with E-state index >= 15 is 0 Å². The second kappa shape index (κ2) is 4.86. The summed E-state index contributed by atoms with van der Waals surface area (Å²) >= 11 is 0. The van der Waals surface area contributed by atoms with Crippen LogP contribution in [0, 0.1) is 6.92 Å². The van der Waals surface area contributed by atoms with Gasteiger partial charge in [-0.25, -0.2) is 4.98 Å². The van der Waals surface area contributed by atoms with Gasteiger partial charge in [-0.15, -0.1) is 0 Å². The Balaban J connectivity index is 1.91. The number of nitrogens with one attached hydrogen (secondary N) is 2. The maximum atomic E-state index is 4.74. The van der Waals surface area contributed by atoms with Crippen LogP contribution in [0.3, 0.4) is 0 Å². The first-order chi connectivity index (χ1) is 8.84. The summed E-state index contributed by atoms with van der Waals surface area (Å²) in [5.41, 5.74) is 4.06. The van der Waals surface area contributed by atoms with E-state index in [9.17, 15) is 0 Å². The van der Waals surface area contributed by atoms with Crippen molar-refractivity contribution in [2.45, 2.75) is 25.7 Å². The Morgan fingerprint density at radius 2 is 2.22 bits per heavy atom. The van der Waals surface area contributed by atoms with E-state index in [1.807, 2.05) is 19.3 Å². The molecule has 0 bridgehead atoms. The van der Waals surface area contributed by atoms with Gasteiger partial charge in [0.25, 0.3) is 0 Å². The van der Waals surface area contributed by atoms with Gasteiger partial charge in [0.1, 0.15) is 0 Å². The standard InChI is InChI=1S/C13H17N5/c1-9-11(6-16-18-9)13-8-15-7-12(17-13)10-3-2-4-14-5-10/h6-8,10,14H,2-5H2,1H3,(H,16,18). The van der Waals surface area contributed by atoms with Gasteiger partial charge in [-0.3, -0.25) is 10.1 Å². The van der Waals surface area contributed by atoms with Crippen LogP contribution in [0.5, 0.6) is 0 Å². The number of hydrogen-bond donors (Lipinski definition) is 2. The number of nitrogens with zero attached hydrogens (tertiary/aromatic N) is 3. The summed E-state index contributed by atoms with van der Waals surface area (Å²) in [5, 5.41) is 10.4. The van der Waals surface area contributed by atoms with Crippen molar-refractivity contribution >= 4 is 0 Å². The van der Waals surface area contributed by atoms with Crippen molar-refractivity contribution in [1.29, 1.82) is 0 Å². The first-order valence-electron chi connectivity index (χ1n) is 6.37. The molecule has 0 saturated carbocycles. The number of aromatic amines is 1. The molecule has 2 aromatic heterocycles. The quantitative estimate of drug-likeness (QED) is 0.841. The predicted octanol–water partition coefficient (Wildman–Crippen LogP) is 1.64. The minimum Gasteiger partial charge on any atom is -0.316 e. The molecule has 1 unspecified atom stereocenters. The van der Waals surface area contributed by atoms with Gasteiger partial charge in [0.05, 0.1) is 23.8 Å². The summed E-state index contributed by atoms with van der Waals surface area (Å²) in [6.07, 6.45) is 7.90. The second-order valence-electron chi connectivity index (χ2n) is 4.78. The fourth-order valence-electron chi connectivity index (χ4n) is 2.42. The Morgan fingerprint density at radius 3 is 2.94 bits per heavy atom. The fraction of sp³-hybridized carbons (Fsp3) is 0.462. The zero-order valence-corrected chi connectivity index (χ0v) is 10.5. The SMILES string of the molecule is Cc1[nH]ncc1-c1cncc(C2CCCNC2)n1. The van der Waals surface area contributed by atoms with Crippen molar-refractivity contribution in [3.63, 3.8) is 0 Å². The van der Waals surface area contributed by atoms with Crippen molar-refractivity contribution in [3.05, 3.63) is 30.0 Å². The van der Waals surface area contributed by atoms with Gasteiger partial charge in [0, 0.05) is 29.9 Å². The van der Waals surface area contributed by atoms with E-state index < -0.39 is 0 Å². The van der Waals surface area contributed by atoms with Crippen LogP contribution in [0.1, 0.15) is 30.1 Å². The van der Waals surface area contributed by atoms with E-state index in [4.69, 9.17) is 4.98 Å². The number of rotatable bonds is 2. The van der Waals surface area contributed by atoms with Crippen LogP contribution in [-0.2, 0) is 0 Å². The Morgan fingerprint density at radius 1 is 1.28 bits per heavy atom. The van der Waals surface area contributed by atoms with Crippen LogP contribution < -0.4 is 5.32 Å². The summed E-state index contributed by atoms with van der Waals surface area (Å²) in [6.45, 7) is 4.12. The fourth-order valence-corrected chi connectivity index (χ4v) is 2.42. The lowest BCUT2D eigenvalue weighted by Gasteiger charge is -2.22. The van der Waals surface area contributed by atoms with Crippen LogP contribution in [0.4, 0.5) is 0 Å². The lowest BCUT2D eigenvalue weighted by Crippen LogP contribution is -2.28. The normalized spacial score (nSPS) is 19.9. The summed E-state index contributed by atoms with van der Waals surface area (Å²) in [4.78, 5) is 9.06. The molecule has 5 heteroatoms. The summed E-state index contributed by atoms with van der Waals surface area (Å²) in [5.74, 6) is 0.485. The van der Waals surface area contributed by atoms with E-state index in [0.29, 0.717) is 5.92 Å². The van der Waals surface area contributed by atoms with Crippen LogP contribution in [0.2, 0.25) is 0 Å². The van der Waals surface area contributed by atoms with Crippen molar-refractivity contribution in [1.82, 2.24) is 25.5 Å². The highest BCUT2D eigenvalue weighted by molar-refractivity contribution is 5.59. The number of hydrogen-bond acceptors (Lipinski definition) is 4. The van der Waals surface area contributed by atoms with Gasteiger partial charge >= 0.3 is 0 Å². The molecule has 1 saturated heterocycles. The first-order valence-corrected chi connectivity index (χ1v) is 6.37. The summed E-state index contributed by atoms with van der Waals surface area (Å²) in [6, 6.07) is 0. The molecular weight excluding hydrogens is 226 g/mol. The molecule has 0 aliphatic carbocycles. The average Bonchev–Trinajstić information content (AvgIpc) is 2.86. The Hall–Kier alpha value is -1.75. The van der Waals surface area contributed by atoms with E-state index in [2.05, 4.69) is 20.5 Å². The Labute approximate surface area is 106 Å². The van der Waals surface area contributed by atoms with Gasteiger partial charge < -0.3 is 5.32 Å². The van der Waals surface area contributed by atoms with Crippen molar-refractivity contribution in [3.8, 4) is 11.3 Å². The number of piperidine rings is 1. The maximum absolute atomic E-state index is 4.74. The summed E-state index contributed by atoms with van der Waals surface area (Å²) in [7, 11) is 0. The summed E-state index contributed by atoms with van der Waals surface area (Å²) < 4.78 is 0. The lowest BCUT2D eigenvalue weighted by atomic mass is 9.96.